The molecule has 0 bridgehead atoms. The number of rotatable bonds is 2. The zero-order valence-corrected chi connectivity index (χ0v) is 6.80. The number of nitrogens with one attached hydrogen (secondary N) is 1. The van der Waals surface area contributed by atoms with Crippen molar-refractivity contribution in [1.29, 1.82) is 0 Å². The first kappa shape index (κ1) is 7.98. The van der Waals surface area contributed by atoms with Gasteiger partial charge < -0.3 is 5.32 Å². The van der Waals surface area contributed by atoms with Gasteiger partial charge in [-0.3, -0.25) is 9.98 Å². The number of hydrogen-bond donors (Lipinski definition) is 1. The van der Waals surface area contributed by atoms with Crippen LogP contribution in [0.5, 0.6) is 0 Å². The van der Waals surface area contributed by atoms with Gasteiger partial charge in [-0.15, -0.1) is 0 Å². The normalized spacial score (nSPS) is 16.8. The van der Waals surface area contributed by atoms with Gasteiger partial charge in [0.15, 0.2) is 0 Å². The molecule has 0 fully saturated rings. The number of aliphatic imine (C=N–C) groups is 2. The predicted molar refractivity (Wildman–Crippen MR) is 48.2 cm³/mol. The molecule has 0 amide bonds. The van der Waals surface area contributed by atoms with Gasteiger partial charge in [0.1, 0.15) is 11.5 Å². The molecule has 0 spiro atoms. The number of likely N-dealkylation sites (N-methyl/N-ethyl adjacent to an activating group) is 1. The fourth-order valence-electron chi connectivity index (χ4n) is 1.01. The molecule has 0 unspecified atom stereocenters. The second kappa shape index (κ2) is 3.91. The van der Waals surface area contributed by atoms with Crippen molar-refractivity contribution in [3.8, 4) is 0 Å². The first-order chi connectivity index (χ1) is 5.38. The molecule has 0 saturated heterocycles. The Morgan fingerprint density at radius 1 is 1.82 bits per heavy atom. The Morgan fingerprint density at radius 3 is 3.27 bits per heavy atom. The number of dihydropyridines is 1. The second-order valence-electron chi connectivity index (χ2n) is 2.30. The molecule has 1 N–H and O–H groups in total. The smallest absolute Gasteiger partial charge is 0.146 e. The maximum Gasteiger partial charge on any atom is 0.146 e. The summed E-state index contributed by atoms with van der Waals surface area (Å²) in [5, 5.41) is 3.13. The van der Waals surface area contributed by atoms with Gasteiger partial charge in [0.2, 0.25) is 0 Å². The van der Waals surface area contributed by atoms with Crippen molar-refractivity contribution in [2.45, 2.75) is 13.3 Å². The molecule has 1 rings (SSSR count). The molecule has 11 heavy (non-hydrogen) atoms. The Morgan fingerprint density at radius 2 is 2.64 bits per heavy atom. The van der Waals surface area contributed by atoms with Crippen LogP contribution in [-0.2, 0) is 0 Å². The zero-order chi connectivity index (χ0) is 8.10. The Labute approximate surface area is 66.9 Å². The molecular weight excluding hydrogens is 138 g/mol. The Hall–Kier alpha value is -1.12. The van der Waals surface area contributed by atoms with Crippen molar-refractivity contribution < 1.29 is 0 Å². The minimum absolute atomic E-state index is 0.862. The van der Waals surface area contributed by atoms with E-state index in [1.807, 2.05) is 6.92 Å². The molecule has 1 aliphatic heterocycles. The van der Waals surface area contributed by atoms with Crippen LogP contribution >= 0.6 is 0 Å². The third kappa shape index (κ3) is 1.90. The largest absolute Gasteiger partial charge is 0.369 e. The van der Waals surface area contributed by atoms with Crippen LogP contribution in [0.3, 0.4) is 0 Å². The van der Waals surface area contributed by atoms with Gasteiger partial charge in [-0.1, -0.05) is 6.08 Å². The highest BCUT2D eigenvalue weighted by atomic mass is 15.0. The molecule has 0 aromatic heterocycles. The highest BCUT2D eigenvalue weighted by Crippen LogP contribution is 2.05. The van der Waals surface area contributed by atoms with E-state index in [1.165, 1.54) is 0 Å². The first-order valence-electron chi connectivity index (χ1n) is 3.84. The number of hydrogen-bond acceptors (Lipinski definition) is 3. The lowest BCUT2D eigenvalue weighted by molar-refractivity contribution is 0.900. The first-order valence-corrected chi connectivity index (χ1v) is 3.84. The quantitative estimate of drug-likeness (QED) is 0.587. The van der Waals surface area contributed by atoms with Crippen molar-refractivity contribution >= 4 is 12.6 Å². The molecule has 0 aromatic carbocycles. The lowest BCUT2D eigenvalue weighted by atomic mass is 10.2. The Balaban J connectivity index is 2.66. The third-order valence-corrected chi connectivity index (χ3v) is 1.49. The minimum atomic E-state index is 0.862. The number of amidine groups is 1. The molecule has 1 aliphatic rings. The topological polar surface area (TPSA) is 36.8 Å². The summed E-state index contributed by atoms with van der Waals surface area (Å²) in [7, 11) is 0. The fourth-order valence-corrected chi connectivity index (χ4v) is 1.01. The van der Waals surface area contributed by atoms with Crippen LogP contribution in [0.25, 0.3) is 0 Å². The van der Waals surface area contributed by atoms with E-state index in [4.69, 9.17) is 0 Å². The second-order valence-corrected chi connectivity index (χ2v) is 2.30. The van der Waals surface area contributed by atoms with Crippen molar-refractivity contribution in [3.63, 3.8) is 0 Å². The van der Waals surface area contributed by atoms with E-state index in [0.717, 1.165) is 31.0 Å². The van der Waals surface area contributed by atoms with E-state index in [-0.39, 0.29) is 0 Å². The zero-order valence-electron chi connectivity index (χ0n) is 6.80. The maximum atomic E-state index is 4.27. The molecule has 3 nitrogen and oxygen atoms in total. The molecule has 0 aliphatic carbocycles. The third-order valence-electron chi connectivity index (χ3n) is 1.49. The Kier molecular flexibility index (Phi) is 2.83. The van der Waals surface area contributed by atoms with E-state index in [9.17, 15) is 0 Å². The van der Waals surface area contributed by atoms with Crippen LogP contribution in [0.2, 0.25) is 0 Å². The van der Waals surface area contributed by atoms with Crippen molar-refractivity contribution in [2.24, 2.45) is 9.98 Å². The van der Waals surface area contributed by atoms with Gasteiger partial charge in [0.25, 0.3) is 0 Å². The molecule has 3 heteroatoms. The highest BCUT2D eigenvalue weighted by molar-refractivity contribution is 5.98. The summed E-state index contributed by atoms with van der Waals surface area (Å²) in [6.07, 6.45) is 3.03. The van der Waals surface area contributed by atoms with Gasteiger partial charge in [-0.05, 0) is 20.1 Å². The van der Waals surface area contributed by atoms with Gasteiger partial charge in [-0.25, -0.2) is 0 Å². The van der Waals surface area contributed by atoms with E-state index < -0.39 is 0 Å². The van der Waals surface area contributed by atoms with Gasteiger partial charge >= 0.3 is 0 Å². The Bertz CT molecular complexity index is 203. The van der Waals surface area contributed by atoms with Gasteiger partial charge in [0.05, 0.1) is 0 Å². The van der Waals surface area contributed by atoms with Crippen LogP contribution < -0.4 is 5.32 Å². The van der Waals surface area contributed by atoms with Crippen molar-refractivity contribution in [1.82, 2.24) is 5.32 Å². The van der Waals surface area contributed by atoms with Gasteiger partial charge in [0, 0.05) is 13.1 Å². The standard InChI is InChI=1S/C8H13N3/c1-3-10-8-7(9-2)5-4-6-11-8/h5H,2-4,6H2,1H3,(H,10,11). The van der Waals surface area contributed by atoms with Crippen LogP contribution in [0.4, 0.5) is 0 Å². The summed E-state index contributed by atoms with van der Waals surface area (Å²) in [6, 6.07) is 0. The van der Waals surface area contributed by atoms with Crippen LogP contribution in [0.1, 0.15) is 13.3 Å². The van der Waals surface area contributed by atoms with Crippen molar-refractivity contribution in [2.75, 3.05) is 13.1 Å². The van der Waals surface area contributed by atoms with Crippen LogP contribution in [0.15, 0.2) is 21.8 Å². The lowest BCUT2D eigenvalue weighted by Gasteiger charge is -2.11. The maximum absolute atomic E-state index is 4.27. The highest BCUT2D eigenvalue weighted by Gasteiger charge is 2.06. The van der Waals surface area contributed by atoms with E-state index in [2.05, 4.69) is 28.1 Å². The van der Waals surface area contributed by atoms with Gasteiger partial charge in [-0.2, -0.15) is 0 Å². The van der Waals surface area contributed by atoms with E-state index >= 15 is 0 Å². The van der Waals surface area contributed by atoms with E-state index in [1.54, 1.807) is 0 Å². The molecule has 1 heterocycles. The fraction of sp³-hybridized carbons (Fsp3) is 0.500. The summed E-state index contributed by atoms with van der Waals surface area (Å²) >= 11 is 0. The lowest BCUT2D eigenvalue weighted by Crippen LogP contribution is -2.26. The molecule has 60 valence electrons. The average molecular weight is 151 g/mol. The molecule has 0 atom stereocenters. The SMILES string of the molecule is C=NC1=CCCN=C1NCC. The summed E-state index contributed by atoms with van der Waals surface area (Å²) in [5.41, 5.74) is 0.887. The molecule has 0 saturated carbocycles. The summed E-state index contributed by atoms with van der Waals surface area (Å²) in [5.74, 6) is 0.883. The monoisotopic (exact) mass is 151 g/mol. The summed E-state index contributed by atoms with van der Waals surface area (Å²) in [4.78, 5) is 8.14. The van der Waals surface area contributed by atoms with E-state index in [0.29, 0.717) is 0 Å². The molecule has 0 aromatic rings. The van der Waals surface area contributed by atoms with Crippen LogP contribution in [-0.4, -0.2) is 25.6 Å². The average Bonchev–Trinajstić information content (AvgIpc) is 2.06. The predicted octanol–water partition coefficient (Wildman–Crippen LogP) is 0.983. The molecule has 0 radical (unpaired) electrons. The molecular formula is C8H13N3. The van der Waals surface area contributed by atoms with Crippen LogP contribution in [0, 0.1) is 0 Å². The summed E-state index contributed by atoms with van der Waals surface area (Å²) in [6.45, 7) is 7.26. The minimum Gasteiger partial charge on any atom is -0.369 e. The number of nitrogens with zero attached hydrogens (tertiary/aromatic N) is 2. The van der Waals surface area contributed by atoms with Crippen molar-refractivity contribution in [3.05, 3.63) is 11.8 Å². The summed E-state index contributed by atoms with van der Waals surface area (Å²) < 4.78 is 0.